The second kappa shape index (κ2) is 7.98. The summed E-state index contributed by atoms with van der Waals surface area (Å²) in [5.74, 6) is 0.287. The highest BCUT2D eigenvalue weighted by Gasteiger charge is 2.12. The van der Waals surface area contributed by atoms with E-state index in [1.54, 1.807) is 72.8 Å². The number of phenols is 3. The van der Waals surface area contributed by atoms with E-state index >= 15 is 0 Å². The van der Waals surface area contributed by atoms with Gasteiger partial charge in [0.05, 0.1) is 0 Å². The Bertz CT molecular complexity index is 896. The zero-order valence-corrected chi connectivity index (χ0v) is 13.9. The average molecular weight is 346 g/mol. The quantitative estimate of drug-likeness (QED) is 0.610. The van der Waals surface area contributed by atoms with Crippen LogP contribution in [0.15, 0.2) is 82.8 Å². The monoisotopic (exact) mass is 346 g/mol. The van der Waals surface area contributed by atoms with Crippen molar-refractivity contribution < 1.29 is 15.3 Å². The Balaban J connectivity index is 1.96. The SMILES string of the molecule is Oc1ccccc1/C=N\C(/N=C/c1ccccc1O)c1ccccc1O. The molecule has 0 saturated heterocycles. The summed E-state index contributed by atoms with van der Waals surface area (Å²) in [6, 6.07) is 20.4. The van der Waals surface area contributed by atoms with E-state index in [9.17, 15) is 15.3 Å². The molecule has 0 aliphatic heterocycles. The summed E-state index contributed by atoms with van der Waals surface area (Å²) >= 11 is 0. The fraction of sp³-hybridized carbons (Fsp3) is 0.0476. The van der Waals surface area contributed by atoms with Crippen LogP contribution in [0, 0.1) is 0 Å². The molecule has 0 saturated carbocycles. The number of nitrogens with zero attached hydrogens (tertiary/aromatic N) is 2. The number of para-hydroxylation sites is 3. The lowest BCUT2D eigenvalue weighted by Gasteiger charge is -2.10. The first-order chi connectivity index (χ1) is 12.6. The van der Waals surface area contributed by atoms with Gasteiger partial charge in [-0.1, -0.05) is 42.5 Å². The van der Waals surface area contributed by atoms with Crippen LogP contribution >= 0.6 is 0 Å². The average Bonchev–Trinajstić information content (AvgIpc) is 2.65. The van der Waals surface area contributed by atoms with Crippen LogP contribution in [0.5, 0.6) is 17.2 Å². The van der Waals surface area contributed by atoms with E-state index in [1.165, 1.54) is 12.4 Å². The van der Waals surface area contributed by atoms with E-state index < -0.39 is 6.17 Å². The normalized spacial score (nSPS) is 12.6. The van der Waals surface area contributed by atoms with E-state index in [-0.39, 0.29) is 17.2 Å². The minimum absolute atomic E-state index is 0.0707. The van der Waals surface area contributed by atoms with Gasteiger partial charge in [-0.2, -0.15) is 0 Å². The molecule has 0 aliphatic rings. The Morgan fingerprint density at radius 3 is 1.46 bits per heavy atom. The molecule has 1 unspecified atom stereocenters. The molecule has 3 N–H and O–H groups in total. The zero-order valence-electron chi connectivity index (χ0n) is 13.9. The van der Waals surface area contributed by atoms with Crippen molar-refractivity contribution in [3.63, 3.8) is 0 Å². The van der Waals surface area contributed by atoms with Gasteiger partial charge < -0.3 is 15.3 Å². The van der Waals surface area contributed by atoms with Crippen molar-refractivity contribution >= 4 is 12.4 Å². The second-order valence-electron chi connectivity index (χ2n) is 5.61. The molecule has 0 aliphatic carbocycles. The molecule has 3 aromatic carbocycles. The maximum Gasteiger partial charge on any atom is 0.168 e. The molecule has 1 atom stereocenters. The first-order valence-electron chi connectivity index (χ1n) is 8.05. The van der Waals surface area contributed by atoms with Gasteiger partial charge in [0.15, 0.2) is 6.17 Å². The first-order valence-corrected chi connectivity index (χ1v) is 8.05. The molecule has 3 aromatic rings. The van der Waals surface area contributed by atoms with Crippen LogP contribution < -0.4 is 0 Å². The third kappa shape index (κ3) is 4.08. The van der Waals surface area contributed by atoms with Crippen LogP contribution in [-0.4, -0.2) is 27.7 Å². The fourth-order valence-corrected chi connectivity index (χ4v) is 2.40. The minimum atomic E-state index is -0.726. The lowest BCUT2D eigenvalue weighted by atomic mass is 10.1. The smallest absolute Gasteiger partial charge is 0.168 e. The Morgan fingerprint density at radius 1 is 0.577 bits per heavy atom. The topological polar surface area (TPSA) is 85.4 Å². The summed E-state index contributed by atoms with van der Waals surface area (Å²) in [6.07, 6.45) is 2.29. The summed E-state index contributed by atoms with van der Waals surface area (Å²) < 4.78 is 0. The zero-order chi connectivity index (χ0) is 18.4. The van der Waals surface area contributed by atoms with Crippen molar-refractivity contribution in [1.29, 1.82) is 0 Å². The summed E-state index contributed by atoms with van der Waals surface area (Å²) in [5.41, 5.74) is 1.61. The number of phenolic OH excluding ortho intramolecular Hbond substituents is 3. The van der Waals surface area contributed by atoms with Crippen molar-refractivity contribution in [2.45, 2.75) is 6.17 Å². The molecular weight excluding hydrogens is 328 g/mol. The van der Waals surface area contributed by atoms with Gasteiger partial charge in [0.25, 0.3) is 0 Å². The molecule has 0 fully saturated rings. The van der Waals surface area contributed by atoms with Crippen molar-refractivity contribution in [3.05, 3.63) is 89.5 Å². The third-order valence-electron chi connectivity index (χ3n) is 3.80. The molecule has 0 aromatic heterocycles. The van der Waals surface area contributed by atoms with Gasteiger partial charge in [-0.3, -0.25) is 9.98 Å². The molecule has 0 spiro atoms. The molecule has 0 heterocycles. The van der Waals surface area contributed by atoms with E-state index in [0.29, 0.717) is 16.7 Å². The molecule has 0 radical (unpaired) electrons. The molecule has 130 valence electrons. The Labute approximate surface area is 151 Å². The Morgan fingerprint density at radius 2 is 1.00 bits per heavy atom. The summed E-state index contributed by atoms with van der Waals surface area (Å²) in [4.78, 5) is 8.81. The molecule has 5 heteroatoms. The van der Waals surface area contributed by atoms with Crippen molar-refractivity contribution in [1.82, 2.24) is 0 Å². The molecule has 0 amide bonds. The maximum absolute atomic E-state index is 10.1. The van der Waals surface area contributed by atoms with Gasteiger partial charge in [-0.25, -0.2) is 0 Å². The van der Waals surface area contributed by atoms with E-state index in [2.05, 4.69) is 9.98 Å². The molecular formula is C21H18N2O3. The summed E-state index contributed by atoms with van der Waals surface area (Å²) in [6.45, 7) is 0. The number of aromatic hydroxyl groups is 3. The highest BCUT2D eigenvalue weighted by molar-refractivity contribution is 5.85. The minimum Gasteiger partial charge on any atom is -0.508 e. The van der Waals surface area contributed by atoms with Crippen molar-refractivity contribution in [2.75, 3.05) is 0 Å². The standard InChI is InChI=1S/C21H18N2O3/c24-18-10-4-1-7-15(18)13-22-21(17-9-3-6-12-20(17)26)23-14-16-8-2-5-11-19(16)25/h1-14,21,24-26H/b22-13-,23-14+. The first kappa shape index (κ1) is 17.2. The van der Waals surface area contributed by atoms with Crippen LogP contribution in [-0.2, 0) is 0 Å². The largest absolute Gasteiger partial charge is 0.508 e. The van der Waals surface area contributed by atoms with Crippen LogP contribution in [0.25, 0.3) is 0 Å². The van der Waals surface area contributed by atoms with Crippen molar-refractivity contribution in [2.24, 2.45) is 9.98 Å². The fourth-order valence-electron chi connectivity index (χ4n) is 2.40. The third-order valence-corrected chi connectivity index (χ3v) is 3.80. The Kier molecular flexibility index (Phi) is 5.29. The second-order valence-corrected chi connectivity index (χ2v) is 5.61. The van der Waals surface area contributed by atoms with E-state index in [0.717, 1.165) is 0 Å². The van der Waals surface area contributed by atoms with E-state index in [1.807, 2.05) is 0 Å². The number of aliphatic imine (C=N–C) groups is 2. The highest BCUT2D eigenvalue weighted by atomic mass is 16.3. The summed E-state index contributed by atoms with van der Waals surface area (Å²) in [7, 11) is 0. The van der Waals surface area contributed by atoms with Crippen LogP contribution in [0.4, 0.5) is 0 Å². The number of rotatable bonds is 5. The lowest BCUT2D eigenvalue weighted by Crippen LogP contribution is -1.96. The predicted octanol–water partition coefficient (Wildman–Crippen LogP) is 4.04. The number of hydrogen-bond acceptors (Lipinski definition) is 5. The molecule has 0 bridgehead atoms. The lowest BCUT2D eigenvalue weighted by molar-refractivity contribution is 0.463. The van der Waals surface area contributed by atoms with Crippen molar-refractivity contribution in [3.8, 4) is 17.2 Å². The van der Waals surface area contributed by atoms with Gasteiger partial charge in [0, 0.05) is 29.1 Å². The van der Waals surface area contributed by atoms with Crippen LogP contribution in [0.3, 0.4) is 0 Å². The number of benzene rings is 3. The van der Waals surface area contributed by atoms with Crippen LogP contribution in [0.2, 0.25) is 0 Å². The van der Waals surface area contributed by atoms with Gasteiger partial charge in [0.2, 0.25) is 0 Å². The van der Waals surface area contributed by atoms with Gasteiger partial charge >= 0.3 is 0 Å². The van der Waals surface area contributed by atoms with Gasteiger partial charge in [-0.15, -0.1) is 0 Å². The molecule has 5 nitrogen and oxygen atoms in total. The Hall–Kier alpha value is -3.60. The number of hydrogen-bond donors (Lipinski definition) is 3. The predicted molar refractivity (Wildman–Crippen MR) is 102 cm³/mol. The molecule has 26 heavy (non-hydrogen) atoms. The van der Waals surface area contributed by atoms with E-state index in [4.69, 9.17) is 0 Å². The molecule has 3 rings (SSSR count). The summed E-state index contributed by atoms with van der Waals surface area (Å²) in [5, 5.41) is 29.9. The van der Waals surface area contributed by atoms with Gasteiger partial charge in [0.1, 0.15) is 17.2 Å². The van der Waals surface area contributed by atoms with Crippen LogP contribution in [0.1, 0.15) is 22.9 Å². The maximum atomic E-state index is 10.1. The van der Waals surface area contributed by atoms with Gasteiger partial charge in [-0.05, 0) is 30.3 Å². The highest BCUT2D eigenvalue weighted by Crippen LogP contribution is 2.28.